The summed E-state index contributed by atoms with van der Waals surface area (Å²) in [7, 11) is 0. The Morgan fingerprint density at radius 2 is 2.22 bits per heavy atom. The molecule has 1 atom stereocenters. The first kappa shape index (κ1) is 12.8. The van der Waals surface area contributed by atoms with Crippen molar-refractivity contribution < 1.29 is 14.7 Å². The zero-order chi connectivity index (χ0) is 13.1. The van der Waals surface area contributed by atoms with Gasteiger partial charge in [-0.2, -0.15) is 0 Å². The Labute approximate surface area is 112 Å². The van der Waals surface area contributed by atoms with Crippen molar-refractivity contribution in [2.75, 3.05) is 0 Å². The Kier molecular flexibility index (Phi) is 3.78. The first-order valence-corrected chi connectivity index (χ1v) is 6.05. The summed E-state index contributed by atoms with van der Waals surface area (Å²) in [6, 6.07) is 5.43. The topological polar surface area (TPSA) is 71.5 Å². The highest BCUT2D eigenvalue weighted by atomic mass is 79.9. The van der Waals surface area contributed by atoms with Crippen LogP contribution in [0.5, 0.6) is 5.75 Å². The number of hydroxylamine groups is 1. The predicted octanol–water partition coefficient (Wildman–Crippen LogP) is 2.27. The molecule has 1 unspecified atom stereocenters. The number of aromatic nitrogens is 1. The normalized spacial score (nSPS) is 12.2. The van der Waals surface area contributed by atoms with Crippen LogP contribution >= 0.6 is 15.9 Å². The van der Waals surface area contributed by atoms with Crippen molar-refractivity contribution in [1.29, 1.82) is 0 Å². The molecule has 0 aliphatic heterocycles. The van der Waals surface area contributed by atoms with Crippen LogP contribution in [0.1, 0.15) is 6.92 Å². The number of benzene rings is 1. The molecule has 1 aromatic heterocycles. The van der Waals surface area contributed by atoms with Gasteiger partial charge in [-0.25, -0.2) is 5.48 Å². The number of halogens is 1. The molecule has 2 aromatic rings. The Hall–Kier alpha value is -1.66. The Balaban J connectivity index is 2.40. The second-order valence-electron chi connectivity index (χ2n) is 3.70. The van der Waals surface area contributed by atoms with Crippen LogP contribution in [0.3, 0.4) is 0 Å². The lowest BCUT2D eigenvalue weighted by molar-refractivity contribution is -0.135. The molecule has 0 spiro atoms. The molecule has 0 fully saturated rings. The second kappa shape index (κ2) is 5.32. The fraction of sp³-hybridized carbons (Fsp3) is 0.167. The molecule has 0 bridgehead atoms. The summed E-state index contributed by atoms with van der Waals surface area (Å²) in [4.78, 5) is 15.2. The third-order valence-electron chi connectivity index (χ3n) is 2.51. The third kappa shape index (κ3) is 2.44. The molecule has 18 heavy (non-hydrogen) atoms. The van der Waals surface area contributed by atoms with Gasteiger partial charge in [-0.3, -0.25) is 15.0 Å². The first-order valence-electron chi connectivity index (χ1n) is 5.26. The van der Waals surface area contributed by atoms with Crippen LogP contribution in [0.4, 0.5) is 0 Å². The first-order chi connectivity index (χ1) is 8.63. The number of carbonyl (C=O) groups is 1. The number of hydrogen-bond donors (Lipinski definition) is 2. The van der Waals surface area contributed by atoms with Gasteiger partial charge in [0.25, 0.3) is 5.91 Å². The third-order valence-corrected chi connectivity index (χ3v) is 3.20. The van der Waals surface area contributed by atoms with E-state index in [2.05, 4.69) is 20.9 Å². The maximum Gasteiger partial charge on any atom is 0.284 e. The average molecular weight is 311 g/mol. The maximum absolute atomic E-state index is 11.2. The van der Waals surface area contributed by atoms with Gasteiger partial charge in [-0.1, -0.05) is 15.9 Å². The van der Waals surface area contributed by atoms with Crippen LogP contribution in [-0.2, 0) is 4.79 Å². The van der Waals surface area contributed by atoms with Crippen molar-refractivity contribution in [3.63, 3.8) is 0 Å². The van der Waals surface area contributed by atoms with E-state index in [0.717, 1.165) is 15.2 Å². The van der Waals surface area contributed by atoms with Crippen molar-refractivity contribution in [1.82, 2.24) is 10.5 Å². The van der Waals surface area contributed by atoms with Crippen molar-refractivity contribution in [2.45, 2.75) is 13.0 Å². The van der Waals surface area contributed by atoms with Gasteiger partial charge in [0.05, 0.1) is 0 Å². The number of rotatable bonds is 3. The van der Waals surface area contributed by atoms with Gasteiger partial charge >= 0.3 is 0 Å². The summed E-state index contributed by atoms with van der Waals surface area (Å²) in [6.07, 6.45) is 2.55. The quantitative estimate of drug-likeness (QED) is 0.674. The van der Waals surface area contributed by atoms with E-state index in [1.807, 2.05) is 12.1 Å². The largest absolute Gasteiger partial charge is 0.480 e. The standard InChI is InChI=1S/C12H11BrN2O3/c1-7(12(16)15-17)18-11-3-2-10(13)8-4-5-14-6-9(8)11/h2-7,17H,1H3,(H,15,16). The van der Waals surface area contributed by atoms with Gasteiger partial charge in [0.1, 0.15) is 5.75 Å². The number of pyridine rings is 1. The molecule has 1 amide bonds. The van der Waals surface area contributed by atoms with E-state index in [0.29, 0.717) is 5.75 Å². The van der Waals surface area contributed by atoms with E-state index in [1.165, 1.54) is 0 Å². The summed E-state index contributed by atoms with van der Waals surface area (Å²) in [6.45, 7) is 1.55. The van der Waals surface area contributed by atoms with E-state index in [4.69, 9.17) is 9.94 Å². The summed E-state index contributed by atoms with van der Waals surface area (Å²) in [5.41, 5.74) is 1.56. The highest BCUT2D eigenvalue weighted by molar-refractivity contribution is 9.10. The van der Waals surface area contributed by atoms with E-state index in [1.54, 1.807) is 30.9 Å². The van der Waals surface area contributed by atoms with E-state index in [-0.39, 0.29) is 0 Å². The van der Waals surface area contributed by atoms with Crippen LogP contribution in [0.2, 0.25) is 0 Å². The van der Waals surface area contributed by atoms with Gasteiger partial charge in [-0.05, 0) is 25.1 Å². The molecule has 2 N–H and O–H groups in total. The number of hydrogen-bond acceptors (Lipinski definition) is 4. The fourth-order valence-corrected chi connectivity index (χ4v) is 2.04. The van der Waals surface area contributed by atoms with Gasteiger partial charge in [0.15, 0.2) is 6.10 Å². The monoisotopic (exact) mass is 310 g/mol. The van der Waals surface area contributed by atoms with Crippen molar-refractivity contribution >= 4 is 32.6 Å². The molecule has 1 heterocycles. The Morgan fingerprint density at radius 3 is 2.94 bits per heavy atom. The highest BCUT2D eigenvalue weighted by Crippen LogP contribution is 2.31. The molecule has 0 saturated heterocycles. The zero-order valence-electron chi connectivity index (χ0n) is 9.55. The smallest absolute Gasteiger partial charge is 0.284 e. The van der Waals surface area contributed by atoms with Crippen LogP contribution in [0.25, 0.3) is 10.8 Å². The van der Waals surface area contributed by atoms with Gasteiger partial charge in [-0.15, -0.1) is 0 Å². The number of amides is 1. The molecule has 0 aliphatic rings. The lowest BCUT2D eigenvalue weighted by Crippen LogP contribution is -2.34. The number of nitrogens with one attached hydrogen (secondary N) is 1. The van der Waals surface area contributed by atoms with Crippen LogP contribution < -0.4 is 10.2 Å². The predicted molar refractivity (Wildman–Crippen MR) is 69.5 cm³/mol. The summed E-state index contributed by atoms with van der Waals surface area (Å²) in [5, 5.41) is 10.3. The molecule has 0 aliphatic carbocycles. The molecular formula is C12H11BrN2O3. The lowest BCUT2D eigenvalue weighted by atomic mass is 10.1. The zero-order valence-corrected chi connectivity index (χ0v) is 11.1. The molecule has 6 heteroatoms. The Morgan fingerprint density at radius 1 is 1.44 bits per heavy atom. The molecule has 0 saturated carbocycles. The second-order valence-corrected chi connectivity index (χ2v) is 4.56. The summed E-state index contributed by atoms with van der Waals surface area (Å²) < 4.78 is 6.43. The number of carbonyl (C=O) groups excluding carboxylic acids is 1. The molecule has 1 aromatic carbocycles. The van der Waals surface area contributed by atoms with E-state index in [9.17, 15) is 4.79 Å². The fourth-order valence-electron chi connectivity index (χ4n) is 1.57. The minimum atomic E-state index is -0.792. The summed E-state index contributed by atoms with van der Waals surface area (Å²) in [5.74, 6) is -0.0626. The van der Waals surface area contributed by atoms with Crippen LogP contribution in [0, 0.1) is 0 Å². The minimum Gasteiger partial charge on any atom is -0.480 e. The van der Waals surface area contributed by atoms with Crippen molar-refractivity contribution in [2.24, 2.45) is 0 Å². The van der Waals surface area contributed by atoms with Crippen molar-refractivity contribution in [3.05, 3.63) is 35.1 Å². The number of fused-ring (bicyclic) bond motifs is 1. The molecule has 5 nitrogen and oxygen atoms in total. The van der Waals surface area contributed by atoms with Crippen LogP contribution in [0.15, 0.2) is 35.1 Å². The number of nitrogens with zero attached hydrogens (tertiary/aromatic N) is 1. The van der Waals surface area contributed by atoms with E-state index >= 15 is 0 Å². The van der Waals surface area contributed by atoms with Crippen LogP contribution in [-0.4, -0.2) is 22.2 Å². The SMILES string of the molecule is CC(Oc1ccc(Br)c2ccncc12)C(=O)NO. The molecule has 94 valence electrons. The molecular weight excluding hydrogens is 300 g/mol. The lowest BCUT2D eigenvalue weighted by Gasteiger charge is -2.14. The minimum absolute atomic E-state index is 0.539. The van der Waals surface area contributed by atoms with Gasteiger partial charge in [0, 0.05) is 27.6 Å². The molecule has 2 rings (SSSR count). The summed E-state index contributed by atoms with van der Waals surface area (Å²) >= 11 is 3.44. The number of ether oxygens (including phenoxy) is 1. The van der Waals surface area contributed by atoms with E-state index < -0.39 is 12.0 Å². The average Bonchev–Trinajstić information content (AvgIpc) is 2.41. The molecule has 0 radical (unpaired) electrons. The van der Waals surface area contributed by atoms with Gasteiger partial charge < -0.3 is 4.74 Å². The maximum atomic E-state index is 11.2. The Bertz CT molecular complexity index is 589. The highest BCUT2D eigenvalue weighted by Gasteiger charge is 2.15. The van der Waals surface area contributed by atoms with Crippen molar-refractivity contribution in [3.8, 4) is 5.75 Å². The van der Waals surface area contributed by atoms with Gasteiger partial charge in [0.2, 0.25) is 0 Å².